The van der Waals surface area contributed by atoms with Crippen molar-refractivity contribution in [3.63, 3.8) is 0 Å². The zero-order valence-corrected chi connectivity index (χ0v) is 19.2. The van der Waals surface area contributed by atoms with Crippen LogP contribution in [0.25, 0.3) is 5.76 Å². The van der Waals surface area contributed by atoms with Crippen molar-refractivity contribution in [1.29, 1.82) is 0 Å². The molecular weight excluding hydrogens is 422 g/mol. The average molecular weight is 450 g/mol. The van der Waals surface area contributed by atoms with Gasteiger partial charge in [-0.3, -0.25) is 14.4 Å². The molecule has 172 valence electrons. The van der Waals surface area contributed by atoms with Crippen LogP contribution in [0.1, 0.15) is 18.1 Å². The molecule has 1 N–H and O–H groups in total. The predicted octanol–water partition coefficient (Wildman–Crippen LogP) is 2.20. The van der Waals surface area contributed by atoms with Crippen molar-refractivity contribution in [2.75, 3.05) is 45.7 Å². The molecule has 2 aromatic rings. The number of anilines is 1. The first-order chi connectivity index (χ1) is 15.8. The molecule has 2 heterocycles. The number of carbonyl (C=O) groups excluding carboxylic acids is 3. The van der Waals surface area contributed by atoms with Crippen molar-refractivity contribution in [3.8, 4) is 5.75 Å². The van der Waals surface area contributed by atoms with E-state index in [2.05, 4.69) is 0 Å². The highest BCUT2D eigenvalue weighted by atomic mass is 16.5. The largest absolute Gasteiger partial charge is 0.507 e. The van der Waals surface area contributed by atoms with Gasteiger partial charge in [0.05, 0.1) is 18.4 Å². The molecule has 0 radical (unpaired) electrons. The van der Waals surface area contributed by atoms with Crippen molar-refractivity contribution < 1.29 is 24.2 Å². The Bertz CT molecular complexity index is 1150. The number of nitrogens with zero attached hydrogens (tertiary/aromatic N) is 3. The van der Waals surface area contributed by atoms with Crippen LogP contribution >= 0.6 is 0 Å². The normalized spacial score (nSPS) is 21.4. The third kappa shape index (κ3) is 3.21. The summed E-state index contributed by atoms with van der Waals surface area (Å²) in [6.45, 7) is 2.79. The van der Waals surface area contributed by atoms with Gasteiger partial charge in [0, 0.05) is 30.8 Å². The highest BCUT2D eigenvalue weighted by molar-refractivity contribution is 6.50. The van der Waals surface area contributed by atoms with E-state index >= 15 is 0 Å². The van der Waals surface area contributed by atoms with E-state index in [0.717, 1.165) is 0 Å². The van der Waals surface area contributed by atoms with Crippen molar-refractivity contribution >= 4 is 29.0 Å². The van der Waals surface area contributed by atoms with Gasteiger partial charge in [0.1, 0.15) is 11.5 Å². The number of methoxy groups -OCH3 is 1. The molecule has 8 nitrogen and oxygen atoms in total. The van der Waals surface area contributed by atoms with Crippen molar-refractivity contribution in [2.24, 2.45) is 0 Å². The quantitative estimate of drug-likeness (QED) is 0.413. The predicted molar refractivity (Wildman–Crippen MR) is 124 cm³/mol. The Morgan fingerprint density at radius 1 is 1.06 bits per heavy atom. The molecule has 4 rings (SSSR count). The minimum absolute atomic E-state index is 0.147. The summed E-state index contributed by atoms with van der Waals surface area (Å²) < 4.78 is 5.18. The fraction of sp³-hybridized carbons (Fsp3) is 0.320. The molecule has 2 aromatic carbocycles. The highest BCUT2D eigenvalue weighted by Gasteiger charge is 2.66. The number of ether oxygens (including phenoxy) is 1. The van der Waals surface area contributed by atoms with E-state index in [-0.39, 0.29) is 17.9 Å². The molecule has 1 spiro atoms. The Balaban J connectivity index is 2.02. The number of aliphatic hydroxyl groups excluding tert-OH is 1. The van der Waals surface area contributed by atoms with Crippen LogP contribution in [0.15, 0.2) is 54.1 Å². The third-order valence-corrected chi connectivity index (χ3v) is 6.26. The molecule has 0 bridgehead atoms. The lowest BCUT2D eigenvalue weighted by molar-refractivity contribution is -0.143. The number of Topliss-reactive ketones (excluding diaryl/α,β-unsaturated/α-hetero) is 1. The van der Waals surface area contributed by atoms with Gasteiger partial charge in [0.2, 0.25) is 0 Å². The standard InChI is InChI=1S/C25H27N3O5/c1-5-27-19-9-7-6-8-18(19)25(24(27)32)20(21(29)16-10-12-17(33-4)13-11-16)22(30)23(31)28(25)15-14-26(2)3/h6-13,29H,5,14-15H2,1-4H3. The zero-order chi connectivity index (χ0) is 23.9. The number of benzene rings is 2. The van der Waals surface area contributed by atoms with Gasteiger partial charge >= 0.3 is 0 Å². The van der Waals surface area contributed by atoms with Crippen LogP contribution in [0, 0.1) is 0 Å². The van der Waals surface area contributed by atoms with Crippen molar-refractivity contribution in [3.05, 3.63) is 65.2 Å². The molecule has 0 saturated carbocycles. The smallest absolute Gasteiger partial charge is 0.296 e. The van der Waals surface area contributed by atoms with Crippen molar-refractivity contribution in [1.82, 2.24) is 9.80 Å². The maximum Gasteiger partial charge on any atom is 0.296 e. The molecule has 0 aromatic heterocycles. The van der Waals surface area contributed by atoms with Gasteiger partial charge in [0.25, 0.3) is 17.6 Å². The number of rotatable bonds is 6. The Morgan fingerprint density at radius 3 is 2.33 bits per heavy atom. The van der Waals surface area contributed by atoms with E-state index in [1.54, 1.807) is 47.4 Å². The fourth-order valence-electron chi connectivity index (χ4n) is 4.67. The Morgan fingerprint density at radius 2 is 1.73 bits per heavy atom. The molecule has 8 heteroatoms. The van der Waals surface area contributed by atoms with Gasteiger partial charge in [-0.1, -0.05) is 18.2 Å². The van der Waals surface area contributed by atoms with Crippen LogP contribution in [0.4, 0.5) is 5.69 Å². The van der Waals surface area contributed by atoms with Gasteiger partial charge in [0.15, 0.2) is 5.54 Å². The summed E-state index contributed by atoms with van der Waals surface area (Å²) in [4.78, 5) is 45.5. The second kappa shape index (κ2) is 8.37. The van der Waals surface area contributed by atoms with Crippen molar-refractivity contribution in [2.45, 2.75) is 12.5 Å². The number of fused-ring (bicyclic) bond motifs is 2. The fourth-order valence-corrected chi connectivity index (χ4v) is 4.67. The molecule has 1 atom stereocenters. The van der Waals surface area contributed by atoms with Crippen LogP contribution in [-0.2, 0) is 19.9 Å². The summed E-state index contributed by atoms with van der Waals surface area (Å²) in [5.41, 5.74) is -0.459. The number of amides is 2. The molecule has 0 aliphatic carbocycles. The van der Waals surface area contributed by atoms with E-state index in [9.17, 15) is 19.5 Å². The second-order valence-corrected chi connectivity index (χ2v) is 8.32. The summed E-state index contributed by atoms with van der Waals surface area (Å²) in [7, 11) is 5.23. The Hall–Kier alpha value is -3.65. The maximum atomic E-state index is 14.0. The number of aliphatic hydroxyl groups is 1. The minimum Gasteiger partial charge on any atom is -0.507 e. The first kappa shape index (κ1) is 22.5. The first-order valence-electron chi connectivity index (χ1n) is 10.8. The summed E-state index contributed by atoms with van der Waals surface area (Å²) in [5, 5.41) is 11.4. The third-order valence-electron chi connectivity index (χ3n) is 6.26. The van der Waals surface area contributed by atoms with E-state index in [4.69, 9.17) is 4.74 Å². The number of carbonyl (C=O) groups is 3. The number of hydrogen-bond acceptors (Lipinski definition) is 6. The Kier molecular flexibility index (Phi) is 5.71. The molecule has 33 heavy (non-hydrogen) atoms. The van der Waals surface area contributed by atoms with Gasteiger partial charge < -0.3 is 24.5 Å². The topological polar surface area (TPSA) is 90.4 Å². The van der Waals surface area contributed by atoms with E-state index in [0.29, 0.717) is 35.7 Å². The summed E-state index contributed by atoms with van der Waals surface area (Å²) in [6, 6.07) is 13.6. The van der Waals surface area contributed by atoms with E-state index in [1.165, 1.54) is 12.0 Å². The van der Waals surface area contributed by atoms with Crippen LogP contribution in [0.3, 0.4) is 0 Å². The van der Waals surface area contributed by atoms with Gasteiger partial charge in [-0.25, -0.2) is 0 Å². The first-order valence-corrected chi connectivity index (χ1v) is 10.8. The summed E-state index contributed by atoms with van der Waals surface area (Å²) in [6.07, 6.45) is 0. The van der Waals surface area contributed by atoms with Gasteiger partial charge in [-0.2, -0.15) is 0 Å². The molecule has 1 fully saturated rings. The lowest BCUT2D eigenvalue weighted by Crippen LogP contribution is -2.53. The van der Waals surface area contributed by atoms with Gasteiger partial charge in [-0.15, -0.1) is 0 Å². The molecule has 1 unspecified atom stereocenters. The van der Waals surface area contributed by atoms with Crippen LogP contribution < -0.4 is 9.64 Å². The Labute approximate surface area is 192 Å². The SMILES string of the molecule is CCN1C(=O)C2(C(=C(O)c3ccc(OC)cc3)C(=O)C(=O)N2CCN(C)C)c2ccccc21. The highest BCUT2D eigenvalue weighted by Crippen LogP contribution is 2.53. The average Bonchev–Trinajstić information content (AvgIpc) is 3.20. The molecular formula is C25H27N3O5. The van der Waals surface area contributed by atoms with Gasteiger partial charge in [-0.05, 0) is 51.4 Å². The number of likely N-dealkylation sites (tertiary alicyclic amines) is 1. The molecule has 2 aliphatic rings. The lowest BCUT2D eigenvalue weighted by Gasteiger charge is -2.35. The number of para-hydroxylation sites is 1. The lowest BCUT2D eigenvalue weighted by atomic mass is 9.82. The number of hydrogen-bond donors (Lipinski definition) is 1. The minimum atomic E-state index is -1.72. The summed E-state index contributed by atoms with van der Waals surface area (Å²) in [5.74, 6) is -1.90. The van der Waals surface area contributed by atoms with Crippen LogP contribution in [0.2, 0.25) is 0 Å². The van der Waals surface area contributed by atoms with Crippen LogP contribution in [-0.4, -0.2) is 73.3 Å². The summed E-state index contributed by atoms with van der Waals surface area (Å²) >= 11 is 0. The monoisotopic (exact) mass is 449 g/mol. The molecule has 1 saturated heterocycles. The number of likely N-dealkylation sites (N-methyl/N-ethyl adjacent to an activating group) is 2. The van der Waals surface area contributed by atoms with E-state index < -0.39 is 23.1 Å². The van der Waals surface area contributed by atoms with E-state index in [1.807, 2.05) is 32.0 Å². The zero-order valence-electron chi connectivity index (χ0n) is 19.2. The second-order valence-electron chi connectivity index (χ2n) is 8.32. The van der Waals surface area contributed by atoms with Crippen LogP contribution in [0.5, 0.6) is 5.75 Å². The molecule has 2 amide bonds. The number of ketones is 1. The molecule has 2 aliphatic heterocycles. The maximum absolute atomic E-state index is 14.0.